The van der Waals surface area contributed by atoms with Gasteiger partial charge < -0.3 is 20.5 Å². The lowest BCUT2D eigenvalue weighted by Gasteiger charge is -2.21. The highest BCUT2D eigenvalue weighted by atomic mass is 16.5. The molecule has 2 aromatic rings. The average molecular weight is 398 g/mol. The van der Waals surface area contributed by atoms with E-state index in [9.17, 15) is 19.5 Å². The number of rotatable bonds is 10. The molecule has 7 heteroatoms. The second-order valence-electron chi connectivity index (χ2n) is 6.53. The van der Waals surface area contributed by atoms with E-state index in [-0.39, 0.29) is 24.8 Å². The number of amides is 2. The van der Waals surface area contributed by atoms with E-state index in [1.165, 1.54) is 6.92 Å². The molecule has 0 heterocycles. The lowest BCUT2D eigenvalue weighted by molar-refractivity contribution is -0.138. The maximum atomic E-state index is 12.5. The number of para-hydroxylation sites is 1. The molecule has 0 saturated carbocycles. The van der Waals surface area contributed by atoms with Crippen LogP contribution in [0.1, 0.15) is 43.4 Å². The SMILES string of the molecule is CCOc1ccccc1C(CC(=O)NCC(C(=O)O)c1ccccc1)NC(C)=O. The fourth-order valence-corrected chi connectivity index (χ4v) is 3.05. The van der Waals surface area contributed by atoms with Crippen LogP contribution < -0.4 is 15.4 Å². The predicted octanol–water partition coefficient (Wildman–Crippen LogP) is 2.64. The Labute approximate surface area is 170 Å². The smallest absolute Gasteiger partial charge is 0.312 e. The summed E-state index contributed by atoms with van der Waals surface area (Å²) in [5.74, 6) is -1.92. The Morgan fingerprint density at radius 2 is 1.69 bits per heavy atom. The molecular formula is C22H26N2O5. The Morgan fingerprint density at radius 1 is 1.03 bits per heavy atom. The molecule has 2 aromatic carbocycles. The molecule has 2 amide bonds. The Bertz CT molecular complexity index is 838. The third-order valence-electron chi connectivity index (χ3n) is 4.36. The van der Waals surface area contributed by atoms with E-state index in [1.54, 1.807) is 48.5 Å². The van der Waals surface area contributed by atoms with Gasteiger partial charge in [0.05, 0.1) is 25.0 Å². The Morgan fingerprint density at radius 3 is 2.31 bits per heavy atom. The first-order valence-electron chi connectivity index (χ1n) is 9.45. The highest BCUT2D eigenvalue weighted by Gasteiger charge is 2.23. The van der Waals surface area contributed by atoms with Gasteiger partial charge >= 0.3 is 5.97 Å². The standard InChI is InChI=1S/C22H26N2O5/c1-3-29-20-12-8-7-11-17(20)19(24-15(2)25)13-21(26)23-14-18(22(27)28)16-9-5-4-6-10-16/h4-12,18-19H,3,13-14H2,1-2H3,(H,23,26)(H,24,25)(H,27,28). The Kier molecular flexibility index (Phi) is 8.21. The largest absolute Gasteiger partial charge is 0.494 e. The third-order valence-corrected chi connectivity index (χ3v) is 4.36. The molecule has 3 N–H and O–H groups in total. The van der Waals surface area contributed by atoms with Gasteiger partial charge in [0, 0.05) is 19.0 Å². The summed E-state index contributed by atoms with van der Waals surface area (Å²) >= 11 is 0. The first-order valence-corrected chi connectivity index (χ1v) is 9.45. The van der Waals surface area contributed by atoms with Crippen LogP contribution in [-0.4, -0.2) is 36.0 Å². The lowest BCUT2D eigenvalue weighted by atomic mass is 9.98. The fourth-order valence-electron chi connectivity index (χ4n) is 3.05. The number of carbonyl (C=O) groups excluding carboxylic acids is 2. The minimum Gasteiger partial charge on any atom is -0.494 e. The van der Waals surface area contributed by atoms with Crippen LogP contribution in [0, 0.1) is 0 Å². The number of ether oxygens (including phenoxy) is 1. The summed E-state index contributed by atoms with van der Waals surface area (Å²) in [6.07, 6.45) is -0.0369. The fraction of sp³-hybridized carbons (Fsp3) is 0.318. The maximum Gasteiger partial charge on any atom is 0.312 e. The molecular weight excluding hydrogens is 372 g/mol. The number of hydrogen-bond acceptors (Lipinski definition) is 4. The van der Waals surface area contributed by atoms with Gasteiger partial charge in [-0.3, -0.25) is 14.4 Å². The van der Waals surface area contributed by atoms with Crippen molar-refractivity contribution in [2.45, 2.75) is 32.2 Å². The number of carboxylic acid groups (broad SMARTS) is 1. The average Bonchev–Trinajstić information content (AvgIpc) is 2.68. The molecule has 0 aliphatic rings. The van der Waals surface area contributed by atoms with Crippen LogP contribution in [0.15, 0.2) is 54.6 Å². The van der Waals surface area contributed by atoms with Crippen molar-refractivity contribution in [2.24, 2.45) is 0 Å². The number of hydrogen-bond donors (Lipinski definition) is 3. The van der Waals surface area contributed by atoms with Crippen LogP contribution in [0.2, 0.25) is 0 Å². The molecule has 0 bridgehead atoms. The van der Waals surface area contributed by atoms with Gasteiger partial charge in [-0.1, -0.05) is 48.5 Å². The van der Waals surface area contributed by atoms with Gasteiger partial charge in [0.2, 0.25) is 11.8 Å². The van der Waals surface area contributed by atoms with Crippen molar-refractivity contribution in [3.8, 4) is 5.75 Å². The summed E-state index contributed by atoms with van der Waals surface area (Å²) in [5.41, 5.74) is 1.30. The summed E-state index contributed by atoms with van der Waals surface area (Å²) in [5, 5.41) is 14.9. The minimum atomic E-state index is -1.02. The first kappa shape index (κ1) is 21.9. The van der Waals surface area contributed by atoms with Gasteiger partial charge in [-0.15, -0.1) is 0 Å². The van der Waals surface area contributed by atoms with Gasteiger partial charge in [0.15, 0.2) is 0 Å². The summed E-state index contributed by atoms with van der Waals surface area (Å²) in [7, 11) is 0. The molecule has 2 rings (SSSR count). The molecule has 29 heavy (non-hydrogen) atoms. The van der Waals surface area contributed by atoms with Crippen molar-refractivity contribution < 1.29 is 24.2 Å². The van der Waals surface area contributed by atoms with Gasteiger partial charge in [0.25, 0.3) is 0 Å². The zero-order chi connectivity index (χ0) is 21.2. The van der Waals surface area contributed by atoms with Gasteiger partial charge in [-0.05, 0) is 18.6 Å². The molecule has 2 unspecified atom stereocenters. The minimum absolute atomic E-state index is 0.0369. The van der Waals surface area contributed by atoms with E-state index >= 15 is 0 Å². The van der Waals surface area contributed by atoms with Crippen LogP contribution in [0.4, 0.5) is 0 Å². The summed E-state index contributed by atoms with van der Waals surface area (Å²) in [6.45, 7) is 3.64. The van der Waals surface area contributed by atoms with E-state index in [0.29, 0.717) is 23.5 Å². The highest BCUT2D eigenvalue weighted by molar-refractivity contribution is 5.81. The molecule has 0 spiro atoms. The Hall–Kier alpha value is -3.35. The molecule has 0 fully saturated rings. The Balaban J connectivity index is 2.10. The van der Waals surface area contributed by atoms with Crippen molar-refractivity contribution in [3.05, 3.63) is 65.7 Å². The van der Waals surface area contributed by atoms with Crippen molar-refractivity contribution >= 4 is 17.8 Å². The molecule has 154 valence electrons. The van der Waals surface area contributed by atoms with Gasteiger partial charge in [-0.25, -0.2) is 0 Å². The van der Waals surface area contributed by atoms with Crippen molar-refractivity contribution in [3.63, 3.8) is 0 Å². The molecule has 0 radical (unpaired) electrons. The normalized spacial score (nSPS) is 12.5. The van der Waals surface area contributed by atoms with E-state index < -0.39 is 17.9 Å². The molecule has 7 nitrogen and oxygen atoms in total. The van der Waals surface area contributed by atoms with Crippen LogP contribution in [-0.2, 0) is 14.4 Å². The van der Waals surface area contributed by atoms with Crippen LogP contribution >= 0.6 is 0 Å². The summed E-state index contributed by atoms with van der Waals surface area (Å²) < 4.78 is 5.61. The summed E-state index contributed by atoms with van der Waals surface area (Å²) in [6, 6.07) is 15.3. The highest BCUT2D eigenvalue weighted by Crippen LogP contribution is 2.27. The molecule has 0 aromatic heterocycles. The molecule has 2 atom stereocenters. The molecule has 0 aliphatic heterocycles. The number of benzene rings is 2. The van der Waals surface area contributed by atoms with Crippen molar-refractivity contribution in [1.82, 2.24) is 10.6 Å². The first-order chi connectivity index (χ1) is 13.9. The number of carbonyl (C=O) groups is 3. The predicted molar refractivity (Wildman–Crippen MR) is 109 cm³/mol. The molecule has 0 saturated heterocycles. The second-order valence-corrected chi connectivity index (χ2v) is 6.53. The van der Waals surface area contributed by atoms with E-state index in [2.05, 4.69) is 10.6 Å². The monoisotopic (exact) mass is 398 g/mol. The summed E-state index contributed by atoms with van der Waals surface area (Å²) in [4.78, 5) is 35.8. The zero-order valence-corrected chi connectivity index (χ0v) is 16.6. The van der Waals surface area contributed by atoms with Crippen molar-refractivity contribution in [1.29, 1.82) is 0 Å². The zero-order valence-electron chi connectivity index (χ0n) is 16.6. The number of carboxylic acids is 1. The van der Waals surface area contributed by atoms with Crippen LogP contribution in [0.5, 0.6) is 5.75 Å². The van der Waals surface area contributed by atoms with E-state index in [4.69, 9.17) is 4.74 Å². The second kappa shape index (κ2) is 10.8. The lowest BCUT2D eigenvalue weighted by Crippen LogP contribution is -2.35. The maximum absolute atomic E-state index is 12.5. The van der Waals surface area contributed by atoms with E-state index in [1.807, 2.05) is 13.0 Å². The topological polar surface area (TPSA) is 105 Å². The van der Waals surface area contributed by atoms with Gasteiger partial charge in [-0.2, -0.15) is 0 Å². The quantitative estimate of drug-likeness (QED) is 0.571. The number of aliphatic carboxylic acids is 1. The molecule has 0 aliphatic carbocycles. The van der Waals surface area contributed by atoms with Crippen LogP contribution in [0.3, 0.4) is 0 Å². The number of nitrogens with one attached hydrogen (secondary N) is 2. The van der Waals surface area contributed by atoms with Crippen LogP contribution in [0.25, 0.3) is 0 Å². The van der Waals surface area contributed by atoms with Gasteiger partial charge in [0.1, 0.15) is 5.75 Å². The third kappa shape index (κ3) is 6.64. The van der Waals surface area contributed by atoms with E-state index in [0.717, 1.165) is 0 Å². The van der Waals surface area contributed by atoms with Crippen molar-refractivity contribution in [2.75, 3.05) is 13.2 Å².